The number of benzene rings is 1. The van der Waals surface area contributed by atoms with E-state index in [9.17, 15) is 23.1 Å². The summed E-state index contributed by atoms with van der Waals surface area (Å²) >= 11 is 1.58. The van der Waals surface area contributed by atoms with Crippen LogP contribution in [0.2, 0.25) is 0 Å². The number of alkyl halides is 3. The van der Waals surface area contributed by atoms with Crippen LogP contribution in [0.15, 0.2) is 41.2 Å². The van der Waals surface area contributed by atoms with Gasteiger partial charge in [-0.25, -0.2) is 9.50 Å². The Kier molecular flexibility index (Phi) is 7.60. The topological polar surface area (TPSA) is 83.2 Å². The lowest BCUT2D eigenvalue weighted by Crippen LogP contribution is -2.55. The number of carbonyl (C=O) groups excluding carboxylic acids is 1. The van der Waals surface area contributed by atoms with Crippen LogP contribution in [-0.2, 0) is 6.18 Å². The van der Waals surface area contributed by atoms with Gasteiger partial charge in [-0.1, -0.05) is 0 Å². The summed E-state index contributed by atoms with van der Waals surface area (Å²) < 4.78 is 48.8. The molecule has 0 radical (unpaired) electrons. The van der Waals surface area contributed by atoms with Crippen molar-refractivity contribution in [3.63, 3.8) is 0 Å². The number of aromatic nitrogens is 3. The summed E-state index contributed by atoms with van der Waals surface area (Å²) in [6, 6.07) is 6.13. The molecule has 8 nitrogen and oxygen atoms in total. The molecule has 0 bridgehead atoms. The predicted octanol–water partition coefficient (Wildman–Crippen LogP) is 4.98. The lowest BCUT2D eigenvalue weighted by molar-refractivity contribution is -0.143. The van der Waals surface area contributed by atoms with Crippen LogP contribution in [-0.4, -0.2) is 74.8 Å². The van der Waals surface area contributed by atoms with Gasteiger partial charge in [0.1, 0.15) is 11.3 Å². The molecule has 3 aromatic heterocycles. The maximum absolute atomic E-state index is 14.3. The summed E-state index contributed by atoms with van der Waals surface area (Å²) in [7, 11) is 1.50. The molecule has 1 aliphatic heterocycles. The van der Waals surface area contributed by atoms with E-state index in [4.69, 9.17) is 4.74 Å². The highest BCUT2D eigenvalue weighted by Gasteiger charge is 2.40. The maximum atomic E-state index is 14.3. The van der Waals surface area contributed by atoms with Gasteiger partial charge in [-0.2, -0.15) is 29.6 Å². The van der Waals surface area contributed by atoms with E-state index in [1.54, 1.807) is 40.5 Å². The fourth-order valence-corrected chi connectivity index (χ4v) is 6.33. The third-order valence-corrected chi connectivity index (χ3v) is 8.41. The lowest BCUT2D eigenvalue weighted by Gasteiger charge is -2.42. The molecule has 40 heavy (non-hydrogen) atoms. The second kappa shape index (κ2) is 10.8. The first-order chi connectivity index (χ1) is 19.0. The largest absolute Gasteiger partial charge is 0.497 e. The molecule has 1 aliphatic rings. The van der Waals surface area contributed by atoms with Crippen LogP contribution in [0, 0.1) is 13.8 Å². The number of aliphatic hydroxyl groups excluding tert-OH is 1. The van der Waals surface area contributed by atoms with Crippen LogP contribution in [0.3, 0.4) is 0 Å². The van der Waals surface area contributed by atoms with Crippen molar-refractivity contribution >= 4 is 22.9 Å². The maximum Gasteiger partial charge on any atom is 0.433 e. The minimum atomic E-state index is -4.73. The second-order valence-electron chi connectivity index (χ2n) is 10.0. The minimum absolute atomic E-state index is 0.00736. The Bertz CT molecular complexity index is 1530. The number of hydrogen-bond donors (Lipinski definition) is 1. The molecule has 0 unspecified atom stereocenters. The molecule has 12 heteroatoms. The third-order valence-electron chi connectivity index (χ3n) is 7.53. The van der Waals surface area contributed by atoms with Crippen molar-refractivity contribution in [2.24, 2.45) is 0 Å². The Labute approximate surface area is 233 Å². The number of nitrogens with zero attached hydrogens (tertiary/aromatic N) is 5. The summed E-state index contributed by atoms with van der Waals surface area (Å²) in [5, 5.41) is 18.2. The molecule has 4 aromatic rings. The normalized spacial score (nSPS) is 17.4. The van der Waals surface area contributed by atoms with E-state index in [-0.39, 0.29) is 41.2 Å². The van der Waals surface area contributed by atoms with E-state index < -0.39 is 17.8 Å². The molecular weight excluding hydrogens is 543 g/mol. The van der Waals surface area contributed by atoms with Gasteiger partial charge in [0.25, 0.3) is 5.91 Å². The molecule has 1 N–H and O–H groups in total. The fraction of sp³-hybridized carbons (Fsp3) is 0.393. The van der Waals surface area contributed by atoms with E-state index in [2.05, 4.69) is 15.0 Å². The molecule has 2 atom stereocenters. The number of piperazine rings is 1. The summed E-state index contributed by atoms with van der Waals surface area (Å²) in [6.45, 7) is 6.56. The highest BCUT2D eigenvalue weighted by Crippen LogP contribution is 2.37. The van der Waals surface area contributed by atoms with E-state index in [1.165, 1.54) is 20.2 Å². The predicted molar refractivity (Wildman–Crippen MR) is 146 cm³/mol. The SMILES string of the molecule is COc1ccc(-c2nc3c(C(=O)N4CCN([C@@H](CO)c5cscc5C)C[C@H]4C)cnn3c(C(F)(F)F)c2C)cc1. The zero-order valence-electron chi connectivity index (χ0n) is 22.6. The number of aryl methyl sites for hydroxylation is 1. The molecular formula is C28H30F3N5O3S. The smallest absolute Gasteiger partial charge is 0.433 e. The van der Waals surface area contributed by atoms with Crippen molar-refractivity contribution in [2.45, 2.75) is 39.0 Å². The number of amides is 1. The van der Waals surface area contributed by atoms with Gasteiger partial charge in [-0.3, -0.25) is 9.69 Å². The van der Waals surface area contributed by atoms with Crippen LogP contribution in [0.5, 0.6) is 5.75 Å². The highest BCUT2D eigenvalue weighted by molar-refractivity contribution is 7.08. The summed E-state index contributed by atoms with van der Waals surface area (Å²) in [5.41, 5.74) is 1.55. The first kappa shape index (κ1) is 28.1. The molecule has 1 saturated heterocycles. The van der Waals surface area contributed by atoms with E-state index in [1.807, 2.05) is 24.6 Å². The number of ether oxygens (including phenoxy) is 1. The van der Waals surface area contributed by atoms with Gasteiger partial charge >= 0.3 is 6.18 Å². The van der Waals surface area contributed by atoms with Crippen molar-refractivity contribution in [3.8, 4) is 17.0 Å². The average molecular weight is 574 g/mol. The van der Waals surface area contributed by atoms with Crippen molar-refractivity contribution in [2.75, 3.05) is 33.4 Å². The molecule has 1 amide bonds. The molecule has 4 heterocycles. The number of fused-ring (bicyclic) bond motifs is 1. The van der Waals surface area contributed by atoms with Crippen LogP contribution in [0.4, 0.5) is 13.2 Å². The summed E-state index contributed by atoms with van der Waals surface area (Å²) in [5.74, 6) is 0.129. The molecule has 212 valence electrons. The summed E-state index contributed by atoms with van der Waals surface area (Å²) in [4.78, 5) is 22.1. The molecule has 0 aliphatic carbocycles. The number of rotatable bonds is 6. The minimum Gasteiger partial charge on any atom is -0.497 e. The van der Waals surface area contributed by atoms with Crippen LogP contribution < -0.4 is 4.74 Å². The summed E-state index contributed by atoms with van der Waals surface area (Å²) in [6.07, 6.45) is -3.56. The van der Waals surface area contributed by atoms with E-state index >= 15 is 0 Å². The van der Waals surface area contributed by atoms with E-state index in [0.29, 0.717) is 30.9 Å². The quantitative estimate of drug-likeness (QED) is 0.350. The van der Waals surface area contributed by atoms with Gasteiger partial charge < -0.3 is 14.7 Å². The monoisotopic (exact) mass is 573 g/mol. The van der Waals surface area contributed by atoms with Crippen LogP contribution in [0.25, 0.3) is 16.9 Å². The van der Waals surface area contributed by atoms with Crippen molar-refractivity contribution in [1.82, 2.24) is 24.4 Å². The average Bonchev–Trinajstić information content (AvgIpc) is 3.53. The second-order valence-corrected chi connectivity index (χ2v) is 10.7. The number of carbonyl (C=O) groups is 1. The van der Waals surface area contributed by atoms with Crippen LogP contribution in [0.1, 0.15) is 45.7 Å². The fourth-order valence-electron chi connectivity index (χ4n) is 5.43. The lowest BCUT2D eigenvalue weighted by atomic mass is 10.0. The molecule has 5 rings (SSSR count). The number of halogens is 3. The number of aliphatic hydroxyl groups is 1. The van der Waals surface area contributed by atoms with Crippen molar-refractivity contribution in [3.05, 3.63) is 69.2 Å². The Morgan fingerprint density at radius 2 is 1.93 bits per heavy atom. The zero-order valence-corrected chi connectivity index (χ0v) is 23.4. The number of methoxy groups -OCH3 is 1. The molecule has 1 aromatic carbocycles. The molecule has 1 fully saturated rings. The molecule has 0 spiro atoms. The van der Waals surface area contributed by atoms with Gasteiger partial charge in [-0.15, -0.1) is 0 Å². The van der Waals surface area contributed by atoms with Crippen LogP contribution >= 0.6 is 11.3 Å². The van der Waals surface area contributed by atoms with Gasteiger partial charge in [0.05, 0.1) is 31.6 Å². The van der Waals surface area contributed by atoms with Gasteiger partial charge in [0, 0.05) is 36.8 Å². The third kappa shape index (κ3) is 4.95. The number of thiophene rings is 1. The Morgan fingerprint density at radius 3 is 2.50 bits per heavy atom. The zero-order chi connectivity index (χ0) is 28.8. The molecule has 0 saturated carbocycles. The first-order valence-electron chi connectivity index (χ1n) is 12.8. The number of hydrogen-bond acceptors (Lipinski definition) is 7. The standard InChI is InChI=1S/C28H30F3N5O3S/c1-16-14-40-15-22(16)23(13-37)34-9-10-35(17(2)12-34)27(38)21-11-32-36-25(28(29,30)31)18(3)24(33-26(21)36)19-5-7-20(39-4)8-6-19/h5-8,11,14-15,17,23,37H,9-10,12-13H2,1-4H3/t17-,23+/m1/s1. The Hall–Kier alpha value is -3.48. The van der Waals surface area contributed by atoms with Gasteiger partial charge in [0.15, 0.2) is 11.3 Å². The Balaban J connectivity index is 1.50. The highest BCUT2D eigenvalue weighted by atomic mass is 32.1. The first-order valence-corrected chi connectivity index (χ1v) is 13.8. The van der Waals surface area contributed by atoms with Gasteiger partial charge in [-0.05, 0) is 66.9 Å². The van der Waals surface area contributed by atoms with Crippen molar-refractivity contribution in [1.29, 1.82) is 0 Å². The van der Waals surface area contributed by atoms with Crippen molar-refractivity contribution < 1.29 is 27.8 Å². The van der Waals surface area contributed by atoms with E-state index in [0.717, 1.165) is 15.6 Å². The van der Waals surface area contributed by atoms with Gasteiger partial charge in [0.2, 0.25) is 0 Å². The Morgan fingerprint density at radius 1 is 1.20 bits per heavy atom.